The molecule has 0 amide bonds. The van der Waals surface area contributed by atoms with Crippen LogP contribution in [0, 0.1) is 12.8 Å². The van der Waals surface area contributed by atoms with Crippen LogP contribution in [0.15, 0.2) is 24.3 Å². The molecule has 1 spiro atoms. The highest BCUT2D eigenvalue weighted by molar-refractivity contribution is 5.29. The molecule has 1 aromatic carbocycles. The van der Waals surface area contributed by atoms with Crippen LogP contribution in [-0.2, 0) is 9.47 Å². The Hall–Kier alpha value is -0.900. The van der Waals surface area contributed by atoms with Crippen molar-refractivity contribution >= 4 is 0 Å². The Labute approximate surface area is 115 Å². The molecule has 0 radical (unpaired) electrons. The highest BCUT2D eigenvalue weighted by Crippen LogP contribution is 2.40. The van der Waals surface area contributed by atoms with Crippen LogP contribution in [0.25, 0.3) is 0 Å². The van der Waals surface area contributed by atoms with Crippen molar-refractivity contribution in [2.75, 3.05) is 19.8 Å². The summed E-state index contributed by atoms with van der Waals surface area (Å²) in [7, 11) is 0. The number of nitrogens with two attached hydrogens (primary N) is 1. The Morgan fingerprint density at radius 2 is 2.16 bits per heavy atom. The normalized spacial score (nSPS) is 32.6. The Morgan fingerprint density at radius 3 is 2.89 bits per heavy atom. The second kappa shape index (κ2) is 5.23. The number of aryl methyl sites for hydroxylation is 1. The number of hydrogen-bond acceptors (Lipinski definition) is 3. The van der Waals surface area contributed by atoms with Gasteiger partial charge in [-0.15, -0.1) is 0 Å². The summed E-state index contributed by atoms with van der Waals surface area (Å²) in [6.45, 7) is 4.52. The maximum absolute atomic E-state index is 6.53. The van der Waals surface area contributed by atoms with Crippen LogP contribution in [0.4, 0.5) is 0 Å². The van der Waals surface area contributed by atoms with E-state index in [2.05, 4.69) is 31.2 Å². The molecule has 3 nitrogen and oxygen atoms in total. The SMILES string of the molecule is Cc1ccccc1C(N)C1CCOC2(CCOC2)C1. The van der Waals surface area contributed by atoms with Crippen LogP contribution < -0.4 is 5.73 Å². The maximum atomic E-state index is 6.53. The van der Waals surface area contributed by atoms with Gasteiger partial charge in [0.15, 0.2) is 0 Å². The first-order chi connectivity index (χ1) is 9.20. The predicted molar refractivity (Wildman–Crippen MR) is 75.0 cm³/mol. The number of benzene rings is 1. The number of hydrogen-bond donors (Lipinski definition) is 1. The van der Waals surface area contributed by atoms with Crippen molar-refractivity contribution in [2.45, 2.75) is 37.8 Å². The van der Waals surface area contributed by atoms with Crippen molar-refractivity contribution in [3.05, 3.63) is 35.4 Å². The zero-order chi connectivity index (χ0) is 13.3. The van der Waals surface area contributed by atoms with Crippen molar-refractivity contribution in [1.29, 1.82) is 0 Å². The van der Waals surface area contributed by atoms with E-state index in [1.165, 1.54) is 11.1 Å². The largest absolute Gasteiger partial charge is 0.378 e. The van der Waals surface area contributed by atoms with Crippen LogP contribution in [0.5, 0.6) is 0 Å². The third kappa shape index (κ3) is 2.55. The van der Waals surface area contributed by atoms with Crippen molar-refractivity contribution < 1.29 is 9.47 Å². The quantitative estimate of drug-likeness (QED) is 0.890. The van der Waals surface area contributed by atoms with E-state index < -0.39 is 0 Å². The summed E-state index contributed by atoms with van der Waals surface area (Å²) >= 11 is 0. The molecule has 0 saturated carbocycles. The van der Waals surface area contributed by atoms with Crippen molar-refractivity contribution in [3.63, 3.8) is 0 Å². The molecule has 2 aliphatic heterocycles. The molecule has 3 atom stereocenters. The molecule has 2 saturated heterocycles. The fourth-order valence-electron chi connectivity index (χ4n) is 3.45. The average molecular weight is 261 g/mol. The Morgan fingerprint density at radius 1 is 1.32 bits per heavy atom. The van der Waals surface area contributed by atoms with Gasteiger partial charge in [-0.1, -0.05) is 24.3 Å². The van der Waals surface area contributed by atoms with E-state index in [4.69, 9.17) is 15.2 Å². The molecule has 2 fully saturated rings. The van der Waals surface area contributed by atoms with Gasteiger partial charge in [-0.2, -0.15) is 0 Å². The lowest BCUT2D eigenvalue weighted by Gasteiger charge is -2.39. The van der Waals surface area contributed by atoms with E-state index in [1.54, 1.807) is 0 Å². The van der Waals surface area contributed by atoms with Crippen LogP contribution >= 0.6 is 0 Å². The van der Waals surface area contributed by atoms with E-state index in [0.717, 1.165) is 39.1 Å². The Balaban J connectivity index is 1.76. The van der Waals surface area contributed by atoms with E-state index in [1.807, 2.05) is 0 Å². The highest BCUT2D eigenvalue weighted by Gasteiger charge is 2.42. The lowest BCUT2D eigenvalue weighted by atomic mass is 9.78. The maximum Gasteiger partial charge on any atom is 0.0940 e. The van der Waals surface area contributed by atoms with Gasteiger partial charge in [-0.25, -0.2) is 0 Å². The monoisotopic (exact) mass is 261 g/mol. The van der Waals surface area contributed by atoms with Crippen molar-refractivity contribution in [3.8, 4) is 0 Å². The summed E-state index contributed by atoms with van der Waals surface area (Å²) in [6.07, 6.45) is 3.10. The van der Waals surface area contributed by atoms with Gasteiger partial charge in [-0.3, -0.25) is 0 Å². The standard InChI is InChI=1S/C16H23NO2/c1-12-4-2-3-5-14(12)15(17)13-6-8-19-16(10-13)7-9-18-11-16/h2-5,13,15H,6-11,17H2,1H3. The molecule has 2 aliphatic rings. The summed E-state index contributed by atoms with van der Waals surface area (Å²) < 4.78 is 11.5. The third-order valence-corrected chi connectivity index (χ3v) is 4.65. The van der Waals surface area contributed by atoms with Crippen LogP contribution in [-0.4, -0.2) is 25.4 Å². The lowest BCUT2D eigenvalue weighted by Crippen LogP contribution is -2.43. The smallest absolute Gasteiger partial charge is 0.0940 e. The molecule has 0 aliphatic carbocycles. The molecule has 3 unspecified atom stereocenters. The summed E-state index contributed by atoms with van der Waals surface area (Å²) in [5.41, 5.74) is 9.04. The second-order valence-corrected chi connectivity index (χ2v) is 5.97. The van der Waals surface area contributed by atoms with E-state index in [9.17, 15) is 0 Å². The molecule has 3 heteroatoms. The predicted octanol–water partition coefficient (Wildman–Crippen LogP) is 2.58. The molecule has 2 heterocycles. The Bertz CT molecular complexity index is 440. The molecule has 104 valence electrons. The van der Waals surface area contributed by atoms with Gasteiger partial charge in [0, 0.05) is 25.7 Å². The minimum Gasteiger partial charge on any atom is -0.378 e. The van der Waals surface area contributed by atoms with Gasteiger partial charge in [0.2, 0.25) is 0 Å². The zero-order valence-electron chi connectivity index (χ0n) is 11.6. The molecule has 1 aromatic rings. The van der Waals surface area contributed by atoms with E-state index >= 15 is 0 Å². The second-order valence-electron chi connectivity index (χ2n) is 5.97. The first-order valence-electron chi connectivity index (χ1n) is 7.23. The molecule has 2 N–H and O–H groups in total. The van der Waals surface area contributed by atoms with Crippen molar-refractivity contribution in [1.82, 2.24) is 0 Å². The number of rotatable bonds is 2. The average Bonchev–Trinajstić information content (AvgIpc) is 2.86. The topological polar surface area (TPSA) is 44.5 Å². The highest BCUT2D eigenvalue weighted by atomic mass is 16.6. The molecule has 0 bridgehead atoms. The van der Waals surface area contributed by atoms with Crippen LogP contribution in [0.2, 0.25) is 0 Å². The van der Waals surface area contributed by atoms with Gasteiger partial charge < -0.3 is 15.2 Å². The molecule has 3 rings (SSSR count). The summed E-state index contributed by atoms with van der Waals surface area (Å²) in [6, 6.07) is 8.57. The van der Waals surface area contributed by atoms with Crippen LogP contribution in [0.1, 0.15) is 36.4 Å². The first-order valence-corrected chi connectivity index (χ1v) is 7.23. The van der Waals surface area contributed by atoms with Gasteiger partial charge >= 0.3 is 0 Å². The zero-order valence-corrected chi connectivity index (χ0v) is 11.6. The fourth-order valence-corrected chi connectivity index (χ4v) is 3.45. The molecule has 19 heavy (non-hydrogen) atoms. The minimum atomic E-state index is -0.0524. The molecule has 0 aromatic heterocycles. The summed E-state index contributed by atoms with van der Waals surface area (Å²) in [4.78, 5) is 0. The van der Waals surface area contributed by atoms with E-state index in [-0.39, 0.29) is 11.6 Å². The lowest BCUT2D eigenvalue weighted by molar-refractivity contribution is -0.101. The van der Waals surface area contributed by atoms with Crippen LogP contribution in [0.3, 0.4) is 0 Å². The Kier molecular flexibility index (Phi) is 3.61. The summed E-state index contributed by atoms with van der Waals surface area (Å²) in [5, 5.41) is 0. The van der Waals surface area contributed by atoms with Gasteiger partial charge in [0.05, 0.1) is 12.2 Å². The minimum absolute atomic E-state index is 0.0524. The number of ether oxygens (including phenoxy) is 2. The van der Waals surface area contributed by atoms with Gasteiger partial charge in [0.25, 0.3) is 0 Å². The molecular formula is C16H23NO2. The van der Waals surface area contributed by atoms with E-state index in [0.29, 0.717) is 5.92 Å². The fraction of sp³-hybridized carbons (Fsp3) is 0.625. The first kappa shape index (κ1) is 13.1. The van der Waals surface area contributed by atoms with Gasteiger partial charge in [0.1, 0.15) is 0 Å². The summed E-state index contributed by atoms with van der Waals surface area (Å²) in [5.74, 6) is 0.497. The molecular weight excluding hydrogens is 238 g/mol. The third-order valence-electron chi connectivity index (χ3n) is 4.65. The van der Waals surface area contributed by atoms with Gasteiger partial charge in [-0.05, 0) is 36.8 Å². The van der Waals surface area contributed by atoms with Crippen molar-refractivity contribution in [2.24, 2.45) is 11.7 Å².